The van der Waals surface area contributed by atoms with Gasteiger partial charge in [0.15, 0.2) is 0 Å². The highest BCUT2D eigenvalue weighted by Crippen LogP contribution is 2.24. The Morgan fingerprint density at radius 1 is 1.24 bits per heavy atom. The molecule has 0 spiro atoms. The molecule has 0 aromatic heterocycles. The third-order valence-electron chi connectivity index (χ3n) is 2.89. The van der Waals surface area contributed by atoms with Crippen molar-refractivity contribution in [3.05, 3.63) is 35.9 Å². The van der Waals surface area contributed by atoms with E-state index in [9.17, 15) is 0 Å². The van der Waals surface area contributed by atoms with E-state index in [1.165, 1.54) is 17.6 Å². The summed E-state index contributed by atoms with van der Waals surface area (Å²) in [5.41, 5.74) is 2.69. The molecule has 0 heterocycles. The fraction of sp³-hybridized carbons (Fsp3) is 0.500. The standard InChI is InChI=1S/C16H24O/c1-5-7-12-17-15-10-8-14(9-11-15)16(6-2)13(3)4/h6,8-11,13H,5,7,12H2,1-4H3. The molecule has 0 fully saturated rings. The van der Waals surface area contributed by atoms with Crippen molar-refractivity contribution in [3.8, 4) is 5.75 Å². The molecule has 0 saturated heterocycles. The summed E-state index contributed by atoms with van der Waals surface area (Å²) in [6.07, 6.45) is 4.49. The van der Waals surface area contributed by atoms with Crippen molar-refractivity contribution in [2.45, 2.75) is 40.5 Å². The second kappa shape index (κ2) is 7.16. The number of rotatable bonds is 6. The summed E-state index contributed by atoms with van der Waals surface area (Å²) in [5, 5.41) is 0. The topological polar surface area (TPSA) is 9.23 Å². The highest BCUT2D eigenvalue weighted by atomic mass is 16.5. The average Bonchev–Trinajstić information content (AvgIpc) is 2.32. The van der Waals surface area contributed by atoms with Crippen LogP contribution in [-0.4, -0.2) is 6.61 Å². The van der Waals surface area contributed by atoms with Gasteiger partial charge >= 0.3 is 0 Å². The van der Waals surface area contributed by atoms with Crippen molar-refractivity contribution in [2.24, 2.45) is 5.92 Å². The first kappa shape index (κ1) is 13.8. The fourth-order valence-electron chi connectivity index (χ4n) is 1.91. The van der Waals surface area contributed by atoms with Gasteiger partial charge in [-0.1, -0.05) is 45.4 Å². The smallest absolute Gasteiger partial charge is 0.119 e. The highest BCUT2D eigenvalue weighted by Gasteiger charge is 2.05. The molecule has 17 heavy (non-hydrogen) atoms. The molecule has 1 aromatic rings. The fourth-order valence-corrected chi connectivity index (χ4v) is 1.91. The Balaban J connectivity index is 2.67. The van der Waals surface area contributed by atoms with Gasteiger partial charge < -0.3 is 4.74 Å². The molecule has 0 atom stereocenters. The van der Waals surface area contributed by atoms with Crippen LogP contribution < -0.4 is 4.74 Å². The van der Waals surface area contributed by atoms with Crippen molar-refractivity contribution in [2.75, 3.05) is 6.61 Å². The van der Waals surface area contributed by atoms with E-state index in [1.807, 2.05) is 0 Å². The molecule has 0 aliphatic heterocycles. The number of allylic oxidation sites excluding steroid dienone is 2. The normalized spacial score (nSPS) is 11.9. The van der Waals surface area contributed by atoms with Gasteiger partial charge in [0, 0.05) is 0 Å². The molecular formula is C16H24O. The van der Waals surface area contributed by atoms with E-state index in [4.69, 9.17) is 4.74 Å². The largest absolute Gasteiger partial charge is 0.494 e. The zero-order valence-electron chi connectivity index (χ0n) is 11.5. The average molecular weight is 232 g/mol. The van der Waals surface area contributed by atoms with Gasteiger partial charge in [-0.2, -0.15) is 0 Å². The van der Waals surface area contributed by atoms with Gasteiger partial charge in [-0.05, 0) is 42.5 Å². The van der Waals surface area contributed by atoms with Crippen molar-refractivity contribution < 1.29 is 4.74 Å². The van der Waals surface area contributed by atoms with Crippen LogP contribution in [0.25, 0.3) is 5.57 Å². The SMILES string of the molecule is CC=C(c1ccc(OCCCC)cc1)C(C)C. The number of benzene rings is 1. The number of ether oxygens (including phenoxy) is 1. The van der Waals surface area contributed by atoms with Crippen LogP contribution in [0.3, 0.4) is 0 Å². The minimum atomic E-state index is 0.562. The first-order valence-electron chi connectivity index (χ1n) is 6.58. The Morgan fingerprint density at radius 3 is 2.35 bits per heavy atom. The Bertz CT molecular complexity index is 346. The Hall–Kier alpha value is -1.24. The van der Waals surface area contributed by atoms with Crippen LogP contribution in [0.1, 0.15) is 46.1 Å². The monoisotopic (exact) mass is 232 g/mol. The minimum Gasteiger partial charge on any atom is -0.494 e. The van der Waals surface area contributed by atoms with E-state index in [-0.39, 0.29) is 0 Å². The predicted molar refractivity (Wildman–Crippen MR) is 75.3 cm³/mol. The van der Waals surface area contributed by atoms with Crippen molar-refractivity contribution >= 4 is 5.57 Å². The van der Waals surface area contributed by atoms with Crippen LogP contribution in [0.4, 0.5) is 0 Å². The van der Waals surface area contributed by atoms with Gasteiger partial charge in [-0.15, -0.1) is 0 Å². The maximum atomic E-state index is 5.66. The second-order valence-electron chi connectivity index (χ2n) is 4.63. The van der Waals surface area contributed by atoms with Crippen molar-refractivity contribution in [1.82, 2.24) is 0 Å². The quantitative estimate of drug-likeness (QED) is 0.632. The summed E-state index contributed by atoms with van der Waals surface area (Å²) >= 11 is 0. The van der Waals surface area contributed by atoms with E-state index in [1.54, 1.807) is 0 Å². The number of unbranched alkanes of at least 4 members (excludes halogenated alkanes) is 1. The summed E-state index contributed by atoms with van der Waals surface area (Å²) < 4.78 is 5.66. The Labute approximate surface area is 106 Å². The molecule has 0 amide bonds. The van der Waals surface area contributed by atoms with Gasteiger partial charge in [-0.25, -0.2) is 0 Å². The number of hydrogen-bond acceptors (Lipinski definition) is 1. The van der Waals surface area contributed by atoms with Crippen LogP contribution in [-0.2, 0) is 0 Å². The summed E-state index contributed by atoms with van der Waals surface area (Å²) in [5.74, 6) is 1.54. The van der Waals surface area contributed by atoms with Gasteiger partial charge in [-0.3, -0.25) is 0 Å². The molecule has 0 radical (unpaired) electrons. The molecular weight excluding hydrogens is 208 g/mol. The van der Waals surface area contributed by atoms with Gasteiger partial charge in [0.2, 0.25) is 0 Å². The minimum absolute atomic E-state index is 0.562. The highest BCUT2D eigenvalue weighted by molar-refractivity contribution is 5.67. The Morgan fingerprint density at radius 2 is 1.88 bits per heavy atom. The van der Waals surface area contributed by atoms with Crippen LogP contribution >= 0.6 is 0 Å². The zero-order valence-corrected chi connectivity index (χ0v) is 11.5. The molecule has 1 aromatic carbocycles. The van der Waals surface area contributed by atoms with Gasteiger partial charge in [0.1, 0.15) is 5.75 Å². The van der Waals surface area contributed by atoms with Crippen LogP contribution in [0, 0.1) is 5.92 Å². The summed E-state index contributed by atoms with van der Waals surface area (Å²) in [4.78, 5) is 0. The molecule has 1 nitrogen and oxygen atoms in total. The summed E-state index contributed by atoms with van der Waals surface area (Å²) in [6.45, 7) is 9.53. The van der Waals surface area contributed by atoms with Gasteiger partial charge in [0.05, 0.1) is 6.61 Å². The lowest BCUT2D eigenvalue weighted by Crippen LogP contribution is -1.97. The van der Waals surface area contributed by atoms with Crippen molar-refractivity contribution in [3.63, 3.8) is 0 Å². The van der Waals surface area contributed by atoms with E-state index in [2.05, 4.69) is 58.0 Å². The maximum Gasteiger partial charge on any atom is 0.119 e. The molecule has 0 unspecified atom stereocenters. The van der Waals surface area contributed by atoms with Crippen molar-refractivity contribution in [1.29, 1.82) is 0 Å². The first-order chi connectivity index (χ1) is 8.19. The second-order valence-corrected chi connectivity index (χ2v) is 4.63. The van der Waals surface area contributed by atoms with Gasteiger partial charge in [0.25, 0.3) is 0 Å². The predicted octanol–water partition coefficient (Wildman–Crippen LogP) is 4.92. The molecule has 0 saturated carbocycles. The molecule has 0 aliphatic rings. The molecule has 0 aliphatic carbocycles. The summed E-state index contributed by atoms with van der Waals surface area (Å²) in [6, 6.07) is 8.43. The summed E-state index contributed by atoms with van der Waals surface area (Å²) in [7, 11) is 0. The molecule has 0 N–H and O–H groups in total. The molecule has 0 bridgehead atoms. The molecule has 94 valence electrons. The van der Waals surface area contributed by atoms with E-state index in [0.717, 1.165) is 18.8 Å². The third kappa shape index (κ3) is 4.26. The van der Waals surface area contributed by atoms with Crippen LogP contribution in [0.5, 0.6) is 5.75 Å². The molecule has 1 rings (SSSR count). The number of hydrogen-bond donors (Lipinski definition) is 0. The lowest BCUT2D eigenvalue weighted by atomic mass is 9.95. The lowest BCUT2D eigenvalue weighted by Gasteiger charge is -2.12. The third-order valence-corrected chi connectivity index (χ3v) is 2.89. The van der Waals surface area contributed by atoms with E-state index >= 15 is 0 Å². The van der Waals surface area contributed by atoms with E-state index < -0.39 is 0 Å². The Kier molecular flexibility index (Phi) is 5.82. The van der Waals surface area contributed by atoms with Crippen LogP contribution in [0.2, 0.25) is 0 Å². The zero-order chi connectivity index (χ0) is 12.7. The van der Waals surface area contributed by atoms with E-state index in [0.29, 0.717) is 5.92 Å². The molecule has 1 heteroatoms. The maximum absolute atomic E-state index is 5.66. The lowest BCUT2D eigenvalue weighted by molar-refractivity contribution is 0.309. The van der Waals surface area contributed by atoms with Crippen LogP contribution in [0.15, 0.2) is 30.3 Å². The first-order valence-corrected chi connectivity index (χ1v) is 6.58.